The van der Waals surface area contributed by atoms with Gasteiger partial charge in [-0.05, 0) is 91.9 Å². The summed E-state index contributed by atoms with van der Waals surface area (Å²) in [4.78, 5) is 14.3. The Morgan fingerprint density at radius 3 is 2.90 bits per heavy atom. The first kappa shape index (κ1) is 20.3. The van der Waals surface area contributed by atoms with Gasteiger partial charge in [-0.1, -0.05) is 13.0 Å². The van der Waals surface area contributed by atoms with Crippen molar-refractivity contribution in [2.45, 2.75) is 70.5 Å². The predicted octanol–water partition coefficient (Wildman–Crippen LogP) is 4.78. The summed E-state index contributed by atoms with van der Waals surface area (Å²) in [7, 11) is 1.89. The third-order valence-corrected chi connectivity index (χ3v) is 8.60. The third-order valence-electron chi connectivity index (χ3n) is 8.60. The molecule has 5 nitrogen and oxygen atoms in total. The summed E-state index contributed by atoms with van der Waals surface area (Å²) in [5, 5.41) is 0. The number of hydrogen-bond donors (Lipinski definition) is 0. The summed E-state index contributed by atoms with van der Waals surface area (Å²) in [5.41, 5.74) is 3.22. The van der Waals surface area contributed by atoms with Crippen LogP contribution in [0.15, 0.2) is 18.2 Å². The molecule has 6 atom stereocenters. The second kappa shape index (κ2) is 7.83. The Kier molecular flexibility index (Phi) is 5.30. The molecule has 1 aromatic carbocycles. The number of amides is 1. The van der Waals surface area contributed by atoms with E-state index in [1.54, 1.807) is 4.90 Å². The lowest BCUT2D eigenvalue weighted by atomic mass is 9.55. The minimum atomic E-state index is -0.260. The molecule has 1 heterocycles. The first-order chi connectivity index (χ1) is 14.5. The predicted molar refractivity (Wildman–Crippen MR) is 115 cm³/mol. The number of methoxy groups -OCH3 is 1. The highest BCUT2D eigenvalue weighted by Gasteiger charge is 2.55. The second-order valence-corrected chi connectivity index (χ2v) is 10.1. The SMILES string of the molecule is COC1CCC2C3CCc4cc(OC(=O)N5CCOC(C)C5)ccc4C3CCC12C. The monoisotopic (exact) mass is 413 g/mol. The first-order valence-electron chi connectivity index (χ1n) is 11.7. The zero-order chi connectivity index (χ0) is 20.9. The Labute approximate surface area is 180 Å². The van der Waals surface area contributed by atoms with E-state index in [1.807, 2.05) is 20.1 Å². The van der Waals surface area contributed by atoms with E-state index < -0.39 is 0 Å². The zero-order valence-corrected chi connectivity index (χ0v) is 18.6. The minimum Gasteiger partial charge on any atom is -0.410 e. The van der Waals surface area contributed by atoms with Gasteiger partial charge in [-0.15, -0.1) is 0 Å². The Bertz CT molecular complexity index is 810. The molecular weight excluding hydrogens is 378 g/mol. The maximum absolute atomic E-state index is 12.6. The van der Waals surface area contributed by atoms with Gasteiger partial charge in [0.2, 0.25) is 0 Å². The van der Waals surface area contributed by atoms with Crippen LogP contribution in [0.1, 0.15) is 63.0 Å². The molecule has 1 saturated heterocycles. The topological polar surface area (TPSA) is 48.0 Å². The van der Waals surface area contributed by atoms with Crippen LogP contribution in [-0.4, -0.2) is 50.0 Å². The summed E-state index contributed by atoms with van der Waals surface area (Å²) in [6.45, 7) is 6.23. The van der Waals surface area contributed by atoms with Gasteiger partial charge in [0.1, 0.15) is 5.75 Å². The van der Waals surface area contributed by atoms with Gasteiger partial charge in [-0.3, -0.25) is 0 Å². The molecule has 5 heteroatoms. The highest BCUT2D eigenvalue weighted by atomic mass is 16.6. The van der Waals surface area contributed by atoms with Gasteiger partial charge in [0, 0.05) is 13.7 Å². The van der Waals surface area contributed by atoms with E-state index >= 15 is 0 Å². The third kappa shape index (κ3) is 3.34. The summed E-state index contributed by atoms with van der Waals surface area (Å²) in [6, 6.07) is 6.36. The number of fused-ring (bicyclic) bond motifs is 5. The molecule has 2 saturated carbocycles. The van der Waals surface area contributed by atoms with Gasteiger partial charge in [0.05, 0.1) is 25.4 Å². The molecule has 0 spiro atoms. The van der Waals surface area contributed by atoms with Crippen LogP contribution in [0.2, 0.25) is 0 Å². The average Bonchev–Trinajstić information content (AvgIpc) is 3.09. The van der Waals surface area contributed by atoms with E-state index in [0.717, 1.165) is 18.3 Å². The highest BCUT2D eigenvalue weighted by Crippen LogP contribution is 2.61. The van der Waals surface area contributed by atoms with Crippen LogP contribution in [0, 0.1) is 17.3 Å². The van der Waals surface area contributed by atoms with Crippen molar-refractivity contribution >= 4 is 6.09 Å². The molecule has 6 unspecified atom stereocenters. The van der Waals surface area contributed by atoms with Crippen molar-refractivity contribution in [2.24, 2.45) is 17.3 Å². The van der Waals surface area contributed by atoms with E-state index in [0.29, 0.717) is 42.9 Å². The Balaban J connectivity index is 1.31. The molecule has 3 aliphatic carbocycles. The summed E-state index contributed by atoms with van der Waals surface area (Å²) in [6.07, 6.45) is 7.57. The molecule has 30 heavy (non-hydrogen) atoms. The highest BCUT2D eigenvalue weighted by molar-refractivity contribution is 5.71. The van der Waals surface area contributed by atoms with E-state index in [9.17, 15) is 4.79 Å². The number of morpholine rings is 1. The van der Waals surface area contributed by atoms with Crippen molar-refractivity contribution in [1.82, 2.24) is 4.90 Å². The van der Waals surface area contributed by atoms with Gasteiger partial charge in [0.15, 0.2) is 0 Å². The fourth-order valence-corrected chi connectivity index (χ4v) is 7.11. The Morgan fingerprint density at radius 2 is 2.10 bits per heavy atom. The minimum absolute atomic E-state index is 0.0667. The van der Waals surface area contributed by atoms with Crippen LogP contribution in [0.5, 0.6) is 5.75 Å². The van der Waals surface area contributed by atoms with Crippen molar-refractivity contribution in [3.8, 4) is 5.75 Å². The van der Waals surface area contributed by atoms with Crippen molar-refractivity contribution in [3.63, 3.8) is 0 Å². The normalized spacial score (nSPS) is 37.8. The van der Waals surface area contributed by atoms with Crippen molar-refractivity contribution in [2.75, 3.05) is 26.8 Å². The lowest BCUT2D eigenvalue weighted by molar-refractivity contribution is -0.0444. The van der Waals surface area contributed by atoms with E-state index in [1.165, 1.54) is 43.2 Å². The Morgan fingerprint density at radius 1 is 1.23 bits per heavy atom. The van der Waals surface area contributed by atoms with E-state index in [2.05, 4.69) is 19.1 Å². The number of hydrogen-bond acceptors (Lipinski definition) is 4. The lowest BCUT2D eigenvalue weighted by Gasteiger charge is -2.50. The number of carbonyl (C=O) groups excluding carboxylic acids is 1. The van der Waals surface area contributed by atoms with Crippen LogP contribution in [0.3, 0.4) is 0 Å². The number of ether oxygens (including phenoxy) is 3. The van der Waals surface area contributed by atoms with Gasteiger partial charge < -0.3 is 19.1 Å². The fraction of sp³-hybridized carbons (Fsp3) is 0.720. The van der Waals surface area contributed by atoms with E-state index in [4.69, 9.17) is 14.2 Å². The van der Waals surface area contributed by atoms with Crippen LogP contribution >= 0.6 is 0 Å². The molecule has 0 aromatic heterocycles. The van der Waals surface area contributed by atoms with Crippen molar-refractivity contribution < 1.29 is 19.0 Å². The maximum atomic E-state index is 12.6. The number of rotatable bonds is 2. The van der Waals surface area contributed by atoms with Crippen molar-refractivity contribution in [3.05, 3.63) is 29.3 Å². The van der Waals surface area contributed by atoms with Gasteiger partial charge in [0.25, 0.3) is 0 Å². The largest absolute Gasteiger partial charge is 0.415 e. The Hall–Kier alpha value is -1.59. The molecule has 1 amide bonds. The van der Waals surface area contributed by atoms with Gasteiger partial charge >= 0.3 is 6.09 Å². The summed E-state index contributed by atoms with van der Waals surface area (Å²) >= 11 is 0. The van der Waals surface area contributed by atoms with Gasteiger partial charge in [-0.25, -0.2) is 4.79 Å². The standard InChI is InChI=1S/C25H35NO4/c1-16-15-26(12-13-29-16)24(27)30-18-5-7-19-17(14-18)4-6-21-20(19)10-11-25(2)22(21)8-9-23(25)28-3/h5,7,14,16,20-23H,4,6,8-13,15H2,1-3H3. The molecule has 164 valence electrons. The average molecular weight is 414 g/mol. The molecule has 3 fully saturated rings. The van der Waals surface area contributed by atoms with Crippen molar-refractivity contribution in [1.29, 1.82) is 0 Å². The quantitative estimate of drug-likeness (QED) is 0.700. The van der Waals surface area contributed by atoms with Crippen LogP contribution in [-0.2, 0) is 15.9 Å². The molecule has 5 rings (SSSR count). The molecule has 1 aromatic rings. The first-order valence-corrected chi connectivity index (χ1v) is 11.7. The van der Waals surface area contributed by atoms with Crippen LogP contribution in [0.25, 0.3) is 0 Å². The molecule has 0 N–H and O–H groups in total. The smallest absolute Gasteiger partial charge is 0.410 e. The molecular formula is C25H35NO4. The fourth-order valence-electron chi connectivity index (χ4n) is 7.11. The van der Waals surface area contributed by atoms with Crippen LogP contribution in [0.4, 0.5) is 4.79 Å². The molecule has 4 aliphatic rings. The summed E-state index contributed by atoms with van der Waals surface area (Å²) < 4.78 is 17.1. The maximum Gasteiger partial charge on any atom is 0.415 e. The number of aryl methyl sites for hydroxylation is 1. The van der Waals surface area contributed by atoms with Crippen LogP contribution < -0.4 is 4.74 Å². The second-order valence-electron chi connectivity index (χ2n) is 10.1. The van der Waals surface area contributed by atoms with E-state index in [-0.39, 0.29) is 12.2 Å². The molecule has 0 bridgehead atoms. The molecule has 1 aliphatic heterocycles. The lowest BCUT2D eigenvalue weighted by Crippen LogP contribution is -2.45. The van der Waals surface area contributed by atoms with Gasteiger partial charge in [-0.2, -0.15) is 0 Å². The zero-order valence-electron chi connectivity index (χ0n) is 18.6. The molecule has 0 radical (unpaired) electrons. The number of carbonyl (C=O) groups is 1. The number of benzene rings is 1. The number of nitrogens with zero attached hydrogens (tertiary/aromatic N) is 1. The summed E-state index contributed by atoms with van der Waals surface area (Å²) in [5.74, 6) is 2.86.